The van der Waals surface area contributed by atoms with Gasteiger partial charge in [0.1, 0.15) is 5.60 Å². The van der Waals surface area contributed by atoms with Crippen molar-refractivity contribution in [2.75, 3.05) is 0 Å². The molecule has 3 nitrogen and oxygen atoms in total. The molecule has 92 valence electrons. The molecule has 0 aliphatic carbocycles. The summed E-state index contributed by atoms with van der Waals surface area (Å²) in [7, 11) is -0.826. The second-order valence-corrected chi connectivity index (χ2v) is 6.93. The number of fused-ring (bicyclic) bond motifs is 2. The van der Waals surface area contributed by atoms with Crippen LogP contribution < -0.4 is 0 Å². The van der Waals surface area contributed by atoms with Crippen molar-refractivity contribution in [2.45, 2.75) is 41.8 Å². The molecule has 5 heteroatoms. The fraction of sp³-hybridized carbons (Fsp3) is 0.583. The zero-order valence-corrected chi connectivity index (χ0v) is 10.1. The molecule has 2 aliphatic rings. The highest BCUT2D eigenvalue weighted by molar-refractivity contribution is 7.86. The van der Waals surface area contributed by atoms with Crippen molar-refractivity contribution in [3.05, 3.63) is 29.8 Å². The third-order valence-electron chi connectivity index (χ3n) is 3.79. The molecule has 3 rings (SSSR count). The van der Waals surface area contributed by atoms with E-state index in [1.54, 1.807) is 12.1 Å². The standard InChI is InChI=1S/C12H14FNO2S/c13-11-3-1-2-10(14-11)12(15)6-8-4-5-9(7-12)17(8)16/h1-3,8-9,15H,4-7H2. The first-order valence-corrected chi connectivity index (χ1v) is 7.11. The lowest BCUT2D eigenvalue weighted by molar-refractivity contribution is 0.0135. The third kappa shape index (κ3) is 1.81. The summed E-state index contributed by atoms with van der Waals surface area (Å²) in [6.07, 6.45) is 2.67. The first-order valence-electron chi connectivity index (χ1n) is 5.83. The fourth-order valence-electron chi connectivity index (χ4n) is 2.96. The first-order chi connectivity index (χ1) is 8.08. The highest BCUT2D eigenvalue weighted by Gasteiger charge is 2.49. The van der Waals surface area contributed by atoms with E-state index in [1.165, 1.54) is 6.07 Å². The van der Waals surface area contributed by atoms with Gasteiger partial charge < -0.3 is 5.11 Å². The summed E-state index contributed by atoms with van der Waals surface area (Å²) < 4.78 is 25.0. The van der Waals surface area contributed by atoms with E-state index in [0.717, 1.165) is 12.8 Å². The van der Waals surface area contributed by atoms with Crippen molar-refractivity contribution in [1.82, 2.24) is 4.98 Å². The second-order valence-electron chi connectivity index (χ2n) is 4.94. The van der Waals surface area contributed by atoms with E-state index in [-0.39, 0.29) is 10.5 Å². The lowest BCUT2D eigenvalue weighted by atomic mass is 9.89. The van der Waals surface area contributed by atoms with Crippen LogP contribution in [0.15, 0.2) is 18.2 Å². The molecular weight excluding hydrogens is 241 g/mol. The monoisotopic (exact) mass is 255 g/mol. The molecule has 2 aliphatic heterocycles. The van der Waals surface area contributed by atoms with Crippen LogP contribution in [0.5, 0.6) is 0 Å². The number of nitrogens with zero attached hydrogens (tertiary/aromatic N) is 1. The molecule has 1 aromatic heterocycles. The molecule has 2 saturated heterocycles. The Hall–Kier alpha value is -0.810. The normalized spacial score (nSPS) is 40.5. The van der Waals surface area contributed by atoms with Crippen molar-refractivity contribution in [1.29, 1.82) is 0 Å². The van der Waals surface area contributed by atoms with E-state index in [4.69, 9.17) is 0 Å². The summed E-state index contributed by atoms with van der Waals surface area (Å²) in [6.45, 7) is 0. The number of rotatable bonds is 1. The van der Waals surface area contributed by atoms with Crippen LogP contribution in [0.1, 0.15) is 31.4 Å². The average molecular weight is 255 g/mol. The molecule has 2 unspecified atom stereocenters. The van der Waals surface area contributed by atoms with Crippen LogP contribution in [-0.4, -0.2) is 24.8 Å². The smallest absolute Gasteiger partial charge is 0.213 e. The number of aromatic nitrogens is 1. The number of aliphatic hydroxyl groups is 1. The Kier molecular flexibility index (Phi) is 2.56. The van der Waals surface area contributed by atoms with E-state index in [0.29, 0.717) is 18.5 Å². The van der Waals surface area contributed by atoms with Crippen LogP contribution in [0.4, 0.5) is 4.39 Å². The SMILES string of the molecule is O=S1C2CCC1CC(O)(c1cccc(F)n1)C2. The fourth-order valence-corrected chi connectivity index (χ4v) is 5.12. The Bertz CT molecular complexity index is 463. The van der Waals surface area contributed by atoms with Crippen molar-refractivity contribution in [3.63, 3.8) is 0 Å². The maximum Gasteiger partial charge on any atom is 0.213 e. The Morgan fingerprint density at radius 2 is 2.00 bits per heavy atom. The number of hydrogen-bond donors (Lipinski definition) is 1. The van der Waals surface area contributed by atoms with Crippen molar-refractivity contribution >= 4 is 10.8 Å². The molecule has 17 heavy (non-hydrogen) atoms. The number of pyridine rings is 1. The minimum atomic E-state index is -1.10. The van der Waals surface area contributed by atoms with Crippen LogP contribution in [0.25, 0.3) is 0 Å². The van der Waals surface area contributed by atoms with Crippen LogP contribution in [0.2, 0.25) is 0 Å². The summed E-state index contributed by atoms with van der Waals surface area (Å²) in [6, 6.07) is 4.47. The highest BCUT2D eigenvalue weighted by atomic mass is 32.2. The summed E-state index contributed by atoms with van der Waals surface area (Å²) in [5, 5.41) is 10.7. The Morgan fingerprint density at radius 3 is 2.59 bits per heavy atom. The molecular formula is C12H14FNO2S. The molecule has 2 bridgehead atoms. The molecule has 0 aromatic carbocycles. The van der Waals surface area contributed by atoms with Gasteiger partial charge in [-0.05, 0) is 37.8 Å². The van der Waals surface area contributed by atoms with E-state index >= 15 is 0 Å². The van der Waals surface area contributed by atoms with Gasteiger partial charge >= 0.3 is 0 Å². The lowest BCUT2D eigenvalue weighted by Crippen LogP contribution is -2.40. The molecule has 0 saturated carbocycles. The lowest BCUT2D eigenvalue weighted by Gasteiger charge is -2.35. The van der Waals surface area contributed by atoms with E-state index in [1.807, 2.05) is 0 Å². The van der Waals surface area contributed by atoms with Gasteiger partial charge in [-0.3, -0.25) is 4.21 Å². The minimum absolute atomic E-state index is 0.0452. The number of hydrogen-bond acceptors (Lipinski definition) is 3. The largest absolute Gasteiger partial charge is 0.383 e. The van der Waals surface area contributed by atoms with Gasteiger partial charge in [0.25, 0.3) is 0 Å². The summed E-state index contributed by atoms with van der Waals surface area (Å²) in [5.74, 6) is -0.574. The molecule has 1 N–H and O–H groups in total. The Morgan fingerprint density at radius 1 is 1.35 bits per heavy atom. The first kappa shape index (κ1) is 11.3. The van der Waals surface area contributed by atoms with Gasteiger partial charge in [-0.1, -0.05) is 6.07 Å². The summed E-state index contributed by atoms with van der Waals surface area (Å²) in [4.78, 5) is 3.77. The van der Waals surface area contributed by atoms with Crippen LogP contribution in [0.3, 0.4) is 0 Å². The predicted molar refractivity (Wildman–Crippen MR) is 62.3 cm³/mol. The van der Waals surface area contributed by atoms with E-state index in [9.17, 15) is 13.7 Å². The topological polar surface area (TPSA) is 50.2 Å². The molecule has 3 heterocycles. The van der Waals surface area contributed by atoms with Crippen LogP contribution >= 0.6 is 0 Å². The minimum Gasteiger partial charge on any atom is -0.383 e. The van der Waals surface area contributed by atoms with Crippen molar-refractivity contribution < 1.29 is 13.7 Å². The Balaban J connectivity index is 1.95. The van der Waals surface area contributed by atoms with Gasteiger partial charge in [0.2, 0.25) is 5.95 Å². The molecule has 2 atom stereocenters. The van der Waals surface area contributed by atoms with Crippen LogP contribution in [0, 0.1) is 5.95 Å². The van der Waals surface area contributed by atoms with E-state index in [2.05, 4.69) is 4.98 Å². The van der Waals surface area contributed by atoms with Crippen LogP contribution in [-0.2, 0) is 16.4 Å². The average Bonchev–Trinajstić information content (AvgIpc) is 2.53. The van der Waals surface area contributed by atoms with Gasteiger partial charge in [-0.2, -0.15) is 4.39 Å². The van der Waals surface area contributed by atoms with Gasteiger partial charge in [0, 0.05) is 21.3 Å². The van der Waals surface area contributed by atoms with Gasteiger partial charge in [-0.15, -0.1) is 0 Å². The van der Waals surface area contributed by atoms with E-state index < -0.39 is 22.3 Å². The maximum atomic E-state index is 13.1. The predicted octanol–water partition coefficient (Wildman–Crippen LogP) is 1.48. The summed E-state index contributed by atoms with van der Waals surface area (Å²) >= 11 is 0. The third-order valence-corrected chi connectivity index (χ3v) is 5.91. The van der Waals surface area contributed by atoms with Crippen molar-refractivity contribution in [2.24, 2.45) is 0 Å². The molecule has 2 fully saturated rings. The maximum absolute atomic E-state index is 13.1. The zero-order chi connectivity index (χ0) is 12.0. The van der Waals surface area contributed by atoms with Gasteiger partial charge in [0.05, 0.1) is 5.69 Å². The molecule has 1 aromatic rings. The second kappa shape index (κ2) is 3.85. The zero-order valence-electron chi connectivity index (χ0n) is 9.30. The Labute approximate surface area is 102 Å². The molecule has 0 radical (unpaired) electrons. The van der Waals surface area contributed by atoms with Gasteiger partial charge in [-0.25, -0.2) is 4.98 Å². The molecule has 0 spiro atoms. The highest BCUT2D eigenvalue weighted by Crippen LogP contribution is 2.45. The summed E-state index contributed by atoms with van der Waals surface area (Å²) in [5.41, 5.74) is -0.715. The quantitative estimate of drug-likeness (QED) is 0.773. The number of halogens is 1. The van der Waals surface area contributed by atoms with Gasteiger partial charge in [0.15, 0.2) is 0 Å². The van der Waals surface area contributed by atoms with Crippen molar-refractivity contribution in [3.8, 4) is 0 Å². The molecule has 0 amide bonds.